The van der Waals surface area contributed by atoms with Crippen LogP contribution in [0.1, 0.15) is 44.4 Å². The first-order valence-corrected chi connectivity index (χ1v) is 6.62. The standard InChI is InChI=1S/C15H21NO3/c1-15(2,3)19-14(18)16-13-11-7-5-4-6-10(11)8-9-12(13)17/h4-7,12-13,17H,8-9H2,1-3H3,(H,16,18)/t12-,13+/m0/s1. The quantitative estimate of drug-likeness (QED) is 0.818. The van der Waals surface area contributed by atoms with Crippen LogP contribution in [0.2, 0.25) is 0 Å². The molecule has 0 aromatic heterocycles. The van der Waals surface area contributed by atoms with Crippen molar-refractivity contribution >= 4 is 6.09 Å². The molecule has 0 bridgehead atoms. The molecule has 1 aliphatic carbocycles. The first-order valence-electron chi connectivity index (χ1n) is 6.62. The molecule has 1 aromatic carbocycles. The van der Waals surface area contributed by atoms with Gasteiger partial charge >= 0.3 is 6.09 Å². The average Bonchev–Trinajstić information content (AvgIpc) is 2.31. The molecular formula is C15H21NO3. The molecule has 0 saturated heterocycles. The van der Waals surface area contributed by atoms with Gasteiger partial charge in [-0.05, 0) is 44.7 Å². The van der Waals surface area contributed by atoms with Gasteiger partial charge in [-0.25, -0.2) is 4.79 Å². The summed E-state index contributed by atoms with van der Waals surface area (Å²) in [5.41, 5.74) is 1.62. The first kappa shape index (κ1) is 13.9. The highest BCUT2D eigenvalue weighted by Crippen LogP contribution is 2.30. The van der Waals surface area contributed by atoms with Crippen LogP contribution in [-0.4, -0.2) is 22.9 Å². The van der Waals surface area contributed by atoms with Crippen LogP contribution in [0.25, 0.3) is 0 Å². The van der Waals surface area contributed by atoms with Gasteiger partial charge < -0.3 is 15.2 Å². The fourth-order valence-corrected chi connectivity index (χ4v) is 2.35. The van der Waals surface area contributed by atoms with Crippen LogP contribution < -0.4 is 5.32 Å². The largest absolute Gasteiger partial charge is 0.444 e. The Morgan fingerprint density at radius 1 is 1.37 bits per heavy atom. The fraction of sp³-hybridized carbons (Fsp3) is 0.533. The molecule has 0 unspecified atom stereocenters. The summed E-state index contributed by atoms with van der Waals surface area (Å²) in [7, 11) is 0. The number of hydrogen-bond donors (Lipinski definition) is 2. The maximum atomic E-state index is 11.8. The summed E-state index contributed by atoms with van der Waals surface area (Å²) in [6.45, 7) is 5.45. The molecule has 104 valence electrons. The number of alkyl carbamates (subject to hydrolysis) is 1. The van der Waals surface area contributed by atoms with Gasteiger partial charge in [-0.1, -0.05) is 24.3 Å². The van der Waals surface area contributed by atoms with E-state index in [2.05, 4.69) is 5.32 Å². The minimum Gasteiger partial charge on any atom is -0.444 e. The minimum atomic E-state index is -0.567. The van der Waals surface area contributed by atoms with Crippen LogP contribution in [0, 0.1) is 0 Å². The molecule has 4 heteroatoms. The van der Waals surface area contributed by atoms with Crippen LogP contribution >= 0.6 is 0 Å². The van der Waals surface area contributed by atoms with Gasteiger partial charge in [0.15, 0.2) is 0 Å². The number of rotatable bonds is 1. The maximum absolute atomic E-state index is 11.8. The summed E-state index contributed by atoms with van der Waals surface area (Å²) in [6, 6.07) is 7.48. The lowest BCUT2D eigenvalue weighted by atomic mass is 9.86. The third-order valence-electron chi connectivity index (χ3n) is 3.16. The Balaban J connectivity index is 2.13. The van der Waals surface area contributed by atoms with Crippen LogP contribution in [0.4, 0.5) is 4.79 Å². The van der Waals surface area contributed by atoms with Crippen molar-refractivity contribution in [1.29, 1.82) is 0 Å². The summed E-state index contributed by atoms with van der Waals surface area (Å²) in [4.78, 5) is 11.8. The van der Waals surface area contributed by atoms with Gasteiger partial charge in [0.2, 0.25) is 0 Å². The smallest absolute Gasteiger partial charge is 0.408 e. The molecule has 2 atom stereocenters. The van der Waals surface area contributed by atoms with Gasteiger partial charge in [0.25, 0.3) is 0 Å². The highest BCUT2D eigenvalue weighted by molar-refractivity contribution is 5.68. The van der Waals surface area contributed by atoms with E-state index in [1.165, 1.54) is 5.56 Å². The van der Waals surface area contributed by atoms with E-state index in [0.717, 1.165) is 12.0 Å². The molecule has 0 spiro atoms. The summed E-state index contributed by atoms with van der Waals surface area (Å²) >= 11 is 0. The summed E-state index contributed by atoms with van der Waals surface area (Å²) in [6.07, 6.45) is 0.428. The van der Waals surface area contributed by atoms with E-state index in [1.807, 2.05) is 45.0 Å². The topological polar surface area (TPSA) is 58.6 Å². The number of amides is 1. The van der Waals surface area contributed by atoms with Crippen molar-refractivity contribution in [3.63, 3.8) is 0 Å². The zero-order chi connectivity index (χ0) is 14.0. The van der Waals surface area contributed by atoms with E-state index in [1.54, 1.807) is 0 Å². The molecule has 0 fully saturated rings. The number of nitrogens with one attached hydrogen (secondary N) is 1. The Kier molecular flexibility index (Phi) is 3.80. The number of fused-ring (bicyclic) bond motifs is 1. The van der Waals surface area contributed by atoms with E-state index in [9.17, 15) is 9.90 Å². The summed E-state index contributed by atoms with van der Waals surface area (Å²) in [5, 5.41) is 12.9. The van der Waals surface area contributed by atoms with Gasteiger partial charge in [0.1, 0.15) is 5.60 Å². The molecule has 2 N–H and O–H groups in total. The van der Waals surface area contributed by atoms with E-state index >= 15 is 0 Å². The number of aryl methyl sites for hydroxylation is 1. The molecule has 4 nitrogen and oxygen atoms in total. The normalized spacial score (nSPS) is 22.5. The van der Waals surface area contributed by atoms with Crippen molar-refractivity contribution in [2.45, 2.75) is 51.4 Å². The average molecular weight is 263 g/mol. The Morgan fingerprint density at radius 3 is 2.74 bits per heavy atom. The van der Waals surface area contributed by atoms with Gasteiger partial charge in [-0.3, -0.25) is 0 Å². The Hall–Kier alpha value is -1.55. The molecule has 19 heavy (non-hydrogen) atoms. The Bertz CT molecular complexity index is 465. The molecular weight excluding hydrogens is 242 g/mol. The fourth-order valence-electron chi connectivity index (χ4n) is 2.35. The van der Waals surface area contributed by atoms with Crippen molar-refractivity contribution in [3.05, 3.63) is 35.4 Å². The number of benzene rings is 1. The van der Waals surface area contributed by atoms with Crippen LogP contribution in [0.3, 0.4) is 0 Å². The monoisotopic (exact) mass is 263 g/mol. The van der Waals surface area contributed by atoms with Crippen LogP contribution in [0.15, 0.2) is 24.3 Å². The van der Waals surface area contributed by atoms with E-state index < -0.39 is 17.8 Å². The number of aliphatic hydroxyl groups excluding tert-OH is 1. The van der Waals surface area contributed by atoms with Gasteiger partial charge in [-0.15, -0.1) is 0 Å². The van der Waals surface area contributed by atoms with Crippen molar-refractivity contribution in [2.75, 3.05) is 0 Å². The van der Waals surface area contributed by atoms with E-state index in [-0.39, 0.29) is 6.04 Å². The maximum Gasteiger partial charge on any atom is 0.408 e. The van der Waals surface area contributed by atoms with Crippen molar-refractivity contribution in [1.82, 2.24) is 5.32 Å². The second kappa shape index (κ2) is 5.21. The molecule has 0 heterocycles. The zero-order valence-corrected chi connectivity index (χ0v) is 11.6. The van der Waals surface area contributed by atoms with Crippen LogP contribution in [0.5, 0.6) is 0 Å². The SMILES string of the molecule is CC(C)(C)OC(=O)N[C@@H]1c2ccccc2CC[C@@H]1O. The molecule has 1 amide bonds. The number of aliphatic hydroxyl groups is 1. The van der Waals surface area contributed by atoms with E-state index in [4.69, 9.17) is 4.74 Å². The van der Waals surface area contributed by atoms with Crippen molar-refractivity contribution < 1.29 is 14.6 Å². The number of carbonyl (C=O) groups is 1. The second-order valence-electron chi connectivity index (χ2n) is 5.93. The third-order valence-corrected chi connectivity index (χ3v) is 3.16. The lowest BCUT2D eigenvalue weighted by Crippen LogP contribution is -2.41. The Morgan fingerprint density at radius 2 is 2.05 bits per heavy atom. The molecule has 1 aliphatic rings. The highest BCUT2D eigenvalue weighted by Gasteiger charge is 2.30. The van der Waals surface area contributed by atoms with E-state index in [0.29, 0.717) is 6.42 Å². The molecule has 0 radical (unpaired) electrons. The predicted octanol–water partition coefficient (Wildman–Crippen LogP) is 2.56. The first-order chi connectivity index (χ1) is 8.87. The molecule has 0 saturated carbocycles. The van der Waals surface area contributed by atoms with Gasteiger partial charge in [0, 0.05) is 0 Å². The zero-order valence-electron chi connectivity index (χ0n) is 11.6. The van der Waals surface area contributed by atoms with Crippen molar-refractivity contribution in [3.8, 4) is 0 Å². The third kappa shape index (κ3) is 3.47. The Labute approximate surface area is 113 Å². The summed E-state index contributed by atoms with van der Waals surface area (Å²) in [5.74, 6) is 0. The number of hydrogen-bond acceptors (Lipinski definition) is 3. The number of ether oxygens (including phenoxy) is 1. The lowest BCUT2D eigenvalue weighted by molar-refractivity contribution is 0.0399. The predicted molar refractivity (Wildman–Crippen MR) is 72.9 cm³/mol. The van der Waals surface area contributed by atoms with Gasteiger partial charge in [-0.2, -0.15) is 0 Å². The highest BCUT2D eigenvalue weighted by atomic mass is 16.6. The second-order valence-corrected chi connectivity index (χ2v) is 5.93. The van der Waals surface area contributed by atoms with Crippen LogP contribution in [-0.2, 0) is 11.2 Å². The summed E-state index contributed by atoms with van der Waals surface area (Å²) < 4.78 is 5.24. The lowest BCUT2D eigenvalue weighted by Gasteiger charge is -2.31. The molecule has 2 rings (SSSR count). The van der Waals surface area contributed by atoms with Crippen molar-refractivity contribution in [2.24, 2.45) is 0 Å². The van der Waals surface area contributed by atoms with Gasteiger partial charge in [0.05, 0.1) is 12.1 Å². The number of carbonyl (C=O) groups excluding carboxylic acids is 1. The molecule has 0 aliphatic heterocycles. The minimum absolute atomic E-state index is 0.389. The molecule has 1 aromatic rings.